The minimum atomic E-state index is -0.0459. The molecule has 6 heteroatoms. The van der Waals surface area contributed by atoms with E-state index in [1.165, 1.54) is 21.4 Å². The Morgan fingerprint density at radius 2 is 2.16 bits per heavy atom. The van der Waals surface area contributed by atoms with Gasteiger partial charge in [-0.2, -0.15) is 0 Å². The van der Waals surface area contributed by atoms with Crippen molar-refractivity contribution in [3.63, 3.8) is 0 Å². The van der Waals surface area contributed by atoms with Gasteiger partial charge in [-0.05, 0) is 49.5 Å². The van der Waals surface area contributed by atoms with Gasteiger partial charge >= 0.3 is 0 Å². The zero-order valence-electron chi connectivity index (χ0n) is 15.0. The molecule has 0 aromatic carbocycles. The van der Waals surface area contributed by atoms with Crippen LogP contribution in [0.4, 0.5) is 0 Å². The number of hydrogen-bond donors (Lipinski definition) is 0. The Balaban J connectivity index is 1.63. The summed E-state index contributed by atoms with van der Waals surface area (Å²) >= 11 is 1.65. The first-order valence-corrected chi connectivity index (χ1v) is 10.1. The summed E-state index contributed by atoms with van der Waals surface area (Å²) in [6.45, 7) is 6.15. The maximum atomic E-state index is 13.0. The third-order valence-corrected chi connectivity index (χ3v) is 6.76. The van der Waals surface area contributed by atoms with Crippen LogP contribution in [0, 0.1) is 11.8 Å². The van der Waals surface area contributed by atoms with Crippen LogP contribution in [0.5, 0.6) is 0 Å². The molecule has 0 N–H and O–H groups in total. The Morgan fingerprint density at radius 1 is 1.32 bits per heavy atom. The Kier molecular flexibility index (Phi) is 4.40. The highest BCUT2D eigenvalue weighted by Crippen LogP contribution is 2.35. The van der Waals surface area contributed by atoms with Gasteiger partial charge in [-0.3, -0.25) is 14.2 Å². The van der Waals surface area contributed by atoms with E-state index >= 15 is 0 Å². The van der Waals surface area contributed by atoms with Gasteiger partial charge in [0.15, 0.2) is 0 Å². The van der Waals surface area contributed by atoms with Gasteiger partial charge in [-0.1, -0.05) is 13.8 Å². The van der Waals surface area contributed by atoms with Crippen LogP contribution >= 0.6 is 11.3 Å². The Bertz CT molecular complexity index is 869. The van der Waals surface area contributed by atoms with Crippen LogP contribution in [-0.2, 0) is 24.2 Å². The van der Waals surface area contributed by atoms with Crippen molar-refractivity contribution < 1.29 is 4.79 Å². The Labute approximate surface area is 151 Å². The lowest BCUT2D eigenvalue weighted by Gasteiger charge is -2.31. The summed E-state index contributed by atoms with van der Waals surface area (Å²) in [6, 6.07) is 0. The predicted octanol–water partition coefficient (Wildman–Crippen LogP) is 2.84. The van der Waals surface area contributed by atoms with Crippen molar-refractivity contribution in [1.82, 2.24) is 14.5 Å². The number of aromatic nitrogens is 2. The number of likely N-dealkylation sites (tertiary alicyclic amines) is 1. The van der Waals surface area contributed by atoms with Crippen molar-refractivity contribution in [3.05, 3.63) is 27.1 Å². The van der Waals surface area contributed by atoms with Gasteiger partial charge in [-0.25, -0.2) is 4.98 Å². The van der Waals surface area contributed by atoms with Gasteiger partial charge in [0.2, 0.25) is 5.91 Å². The zero-order valence-corrected chi connectivity index (χ0v) is 15.8. The molecule has 1 aliphatic carbocycles. The predicted molar refractivity (Wildman–Crippen MR) is 100 cm³/mol. The summed E-state index contributed by atoms with van der Waals surface area (Å²) in [5.74, 6) is 1.25. The van der Waals surface area contributed by atoms with Crippen LogP contribution in [0.3, 0.4) is 0 Å². The molecule has 2 aliphatic rings. The highest BCUT2D eigenvalue weighted by atomic mass is 32.1. The number of thiophene rings is 1. The van der Waals surface area contributed by atoms with E-state index in [0.717, 1.165) is 49.0 Å². The molecule has 2 aromatic rings. The topological polar surface area (TPSA) is 55.2 Å². The number of carbonyl (C=O) groups excluding carboxylic acids is 1. The van der Waals surface area contributed by atoms with Crippen molar-refractivity contribution in [2.75, 3.05) is 13.1 Å². The first kappa shape index (κ1) is 16.8. The second-order valence-corrected chi connectivity index (χ2v) is 8.88. The van der Waals surface area contributed by atoms with Gasteiger partial charge < -0.3 is 4.90 Å². The van der Waals surface area contributed by atoms with Gasteiger partial charge in [0.05, 0.1) is 11.7 Å². The number of hydrogen-bond acceptors (Lipinski definition) is 4. The second-order valence-electron chi connectivity index (χ2n) is 7.80. The molecule has 1 amide bonds. The molecule has 3 heterocycles. The number of carbonyl (C=O) groups is 1. The molecule has 4 rings (SSSR count). The number of amides is 1. The first-order valence-electron chi connectivity index (χ1n) is 9.30. The SMILES string of the molecule is C[C@@H]1CCc2c(sc3ncn(CC(=O)N4CCC[C@@H](C)C4)c(=O)c23)C1. The van der Waals surface area contributed by atoms with Gasteiger partial charge in [0, 0.05) is 18.0 Å². The van der Waals surface area contributed by atoms with Crippen LogP contribution in [0.15, 0.2) is 11.1 Å². The quantitative estimate of drug-likeness (QED) is 0.828. The van der Waals surface area contributed by atoms with Crippen molar-refractivity contribution in [2.24, 2.45) is 11.8 Å². The molecule has 1 fully saturated rings. The van der Waals surface area contributed by atoms with E-state index in [2.05, 4.69) is 18.8 Å². The van der Waals surface area contributed by atoms with E-state index < -0.39 is 0 Å². The smallest absolute Gasteiger partial charge is 0.262 e. The number of nitrogens with zero attached hydrogens (tertiary/aromatic N) is 3. The summed E-state index contributed by atoms with van der Waals surface area (Å²) in [5.41, 5.74) is 1.14. The fraction of sp³-hybridized carbons (Fsp3) is 0.632. The molecule has 25 heavy (non-hydrogen) atoms. The van der Waals surface area contributed by atoms with E-state index in [0.29, 0.717) is 11.8 Å². The van der Waals surface area contributed by atoms with Crippen LogP contribution in [-0.4, -0.2) is 33.4 Å². The van der Waals surface area contributed by atoms with Crippen LogP contribution in [0.25, 0.3) is 10.2 Å². The van der Waals surface area contributed by atoms with Crippen molar-refractivity contribution in [1.29, 1.82) is 0 Å². The summed E-state index contributed by atoms with van der Waals surface area (Å²) in [6.07, 6.45) is 6.90. The Morgan fingerprint density at radius 3 is 2.96 bits per heavy atom. The lowest BCUT2D eigenvalue weighted by Crippen LogP contribution is -2.42. The van der Waals surface area contributed by atoms with E-state index in [4.69, 9.17) is 0 Å². The largest absolute Gasteiger partial charge is 0.341 e. The highest BCUT2D eigenvalue weighted by molar-refractivity contribution is 7.18. The van der Waals surface area contributed by atoms with Gasteiger partial charge in [0.1, 0.15) is 11.4 Å². The molecule has 2 aromatic heterocycles. The molecule has 0 saturated carbocycles. The van der Waals surface area contributed by atoms with E-state index in [9.17, 15) is 9.59 Å². The average Bonchev–Trinajstić information content (AvgIpc) is 2.95. The number of aryl methyl sites for hydroxylation is 1. The van der Waals surface area contributed by atoms with Crippen molar-refractivity contribution >= 4 is 27.5 Å². The molecule has 0 spiro atoms. The fourth-order valence-electron chi connectivity index (χ4n) is 4.14. The number of piperidine rings is 1. The minimum absolute atomic E-state index is 0.0347. The summed E-state index contributed by atoms with van der Waals surface area (Å²) < 4.78 is 1.51. The second kappa shape index (κ2) is 6.56. The molecule has 1 saturated heterocycles. The van der Waals surface area contributed by atoms with E-state index in [1.54, 1.807) is 17.7 Å². The minimum Gasteiger partial charge on any atom is -0.341 e. The van der Waals surface area contributed by atoms with Crippen LogP contribution in [0.1, 0.15) is 43.6 Å². The average molecular weight is 359 g/mol. The lowest BCUT2D eigenvalue weighted by molar-refractivity contribution is -0.133. The normalized spacial score (nSPS) is 23.7. The van der Waals surface area contributed by atoms with Crippen LogP contribution in [0.2, 0.25) is 0 Å². The van der Waals surface area contributed by atoms with Crippen LogP contribution < -0.4 is 5.56 Å². The monoisotopic (exact) mass is 359 g/mol. The van der Waals surface area contributed by atoms with E-state index in [-0.39, 0.29) is 18.0 Å². The molecule has 1 aliphatic heterocycles. The molecule has 2 atom stereocenters. The molecule has 134 valence electrons. The zero-order chi connectivity index (χ0) is 17.6. The first-order chi connectivity index (χ1) is 12.0. The summed E-state index contributed by atoms with van der Waals surface area (Å²) in [7, 11) is 0. The third-order valence-electron chi connectivity index (χ3n) is 5.60. The third kappa shape index (κ3) is 3.12. The highest BCUT2D eigenvalue weighted by Gasteiger charge is 2.25. The maximum absolute atomic E-state index is 13.0. The van der Waals surface area contributed by atoms with Crippen molar-refractivity contribution in [3.8, 4) is 0 Å². The van der Waals surface area contributed by atoms with E-state index in [1.807, 2.05) is 4.90 Å². The molecule has 0 bridgehead atoms. The molecular weight excluding hydrogens is 334 g/mol. The van der Waals surface area contributed by atoms with Gasteiger partial charge in [-0.15, -0.1) is 11.3 Å². The molecule has 5 nitrogen and oxygen atoms in total. The maximum Gasteiger partial charge on any atom is 0.262 e. The Hall–Kier alpha value is -1.69. The molecular formula is C19H25N3O2S. The summed E-state index contributed by atoms with van der Waals surface area (Å²) in [4.78, 5) is 34.1. The van der Waals surface area contributed by atoms with Gasteiger partial charge in [0.25, 0.3) is 5.56 Å². The molecule has 0 radical (unpaired) electrons. The number of fused-ring (bicyclic) bond motifs is 3. The standard InChI is InChI=1S/C19H25N3O2S/c1-12-5-6-14-15(8-12)25-18-17(14)19(24)22(11-20-18)10-16(23)21-7-3-4-13(2)9-21/h11-13H,3-10H2,1-2H3/t12-,13-/m1/s1. The van der Waals surface area contributed by atoms with Crippen molar-refractivity contribution in [2.45, 2.75) is 52.5 Å². The lowest BCUT2D eigenvalue weighted by atomic mass is 9.89. The number of rotatable bonds is 2. The fourth-order valence-corrected chi connectivity index (χ4v) is 5.48. The summed E-state index contributed by atoms with van der Waals surface area (Å²) in [5, 5.41) is 0.759. The molecule has 0 unspecified atom stereocenters.